The maximum Gasteiger partial charge on any atom is 0.255 e. The second-order valence-electron chi connectivity index (χ2n) is 5.29. The van der Waals surface area contributed by atoms with E-state index in [9.17, 15) is 14.0 Å². The van der Waals surface area contributed by atoms with E-state index >= 15 is 0 Å². The molecule has 1 N–H and O–H groups in total. The van der Waals surface area contributed by atoms with Gasteiger partial charge in [-0.2, -0.15) is 0 Å². The van der Waals surface area contributed by atoms with Crippen molar-refractivity contribution in [2.45, 2.75) is 31.2 Å². The summed E-state index contributed by atoms with van der Waals surface area (Å²) in [6, 6.07) is 4.01. The van der Waals surface area contributed by atoms with Crippen molar-refractivity contribution < 1.29 is 14.0 Å². The molecule has 1 unspecified atom stereocenters. The zero-order valence-corrected chi connectivity index (χ0v) is 13.6. The molecule has 1 atom stereocenters. The normalized spacial score (nSPS) is 17.2. The third kappa shape index (κ3) is 3.90. The van der Waals surface area contributed by atoms with Gasteiger partial charge in [0.25, 0.3) is 5.91 Å². The van der Waals surface area contributed by atoms with E-state index in [1.165, 1.54) is 18.2 Å². The monoisotopic (exact) mass is 346 g/mol. The minimum atomic E-state index is -0.645. The zero-order chi connectivity index (χ0) is 16.3. The summed E-state index contributed by atoms with van der Waals surface area (Å²) < 4.78 is 13.7. The second-order valence-corrected chi connectivity index (χ2v) is 6.35. The van der Waals surface area contributed by atoms with Gasteiger partial charge in [-0.15, -0.1) is 11.6 Å². The zero-order valence-electron chi connectivity index (χ0n) is 12.1. The van der Waals surface area contributed by atoms with Crippen molar-refractivity contribution in [2.75, 3.05) is 13.1 Å². The smallest absolute Gasteiger partial charge is 0.255 e. The summed E-state index contributed by atoms with van der Waals surface area (Å²) in [6.07, 6.45) is 1.21. The van der Waals surface area contributed by atoms with Crippen molar-refractivity contribution in [2.24, 2.45) is 0 Å². The molecule has 0 spiro atoms. The Kier molecular flexibility index (Phi) is 5.64. The fourth-order valence-electron chi connectivity index (χ4n) is 2.47. The van der Waals surface area contributed by atoms with Gasteiger partial charge in [0.1, 0.15) is 11.2 Å². The van der Waals surface area contributed by atoms with Crippen molar-refractivity contribution >= 4 is 35.0 Å². The van der Waals surface area contributed by atoms with Gasteiger partial charge in [0, 0.05) is 19.1 Å². The Morgan fingerprint density at radius 2 is 2.00 bits per heavy atom. The van der Waals surface area contributed by atoms with Crippen LogP contribution < -0.4 is 5.32 Å². The summed E-state index contributed by atoms with van der Waals surface area (Å²) in [5, 5.41) is 2.30. The minimum absolute atomic E-state index is 0.0843. The van der Waals surface area contributed by atoms with Gasteiger partial charge in [0.15, 0.2) is 0 Å². The first-order valence-corrected chi connectivity index (χ1v) is 7.89. The average Bonchev–Trinajstić information content (AvgIpc) is 2.47. The highest BCUT2D eigenvalue weighted by atomic mass is 35.5. The highest BCUT2D eigenvalue weighted by Gasteiger charge is 2.27. The Labute approximate surface area is 138 Å². The van der Waals surface area contributed by atoms with Crippen LogP contribution in [-0.4, -0.2) is 41.2 Å². The number of benzene rings is 1. The lowest BCUT2D eigenvalue weighted by atomic mass is 10.0. The SMILES string of the molecule is CC(Cl)C(=O)N1CCC(NC(=O)c2c(F)cccc2Cl)CC1. The molecule has 1 aromatic rings. The first kappa shape index (κ1) is 17.0. The first-order chi connectivity index (χ1) is 10.4. The van der Waals surface area contributed by atoms with Gasteiger partial charge in [0.2, 0.25) is 5.91 Å². The van der Waals surface area contributed by atoms with Gasteiger partial charge in [0.05, 0.1) is 10.6 Å². The number of carbonyl (C=O) groups excluding carboxylic acids is 2. The number of nitrogens with zero attached hydrogens (tertiary/aromatic N) is 1. The highest BCUT2D eigenvalue weighted by molar-refractivity contribution is 6.33. The van der Waals surface area contributed by atoms with Gasteiger partial charge < -0.3 is 10.2 Å². The van der Waals surface area contributed by atoms with Crippen LogP contribution in [0.3, 0.4) is 0 Å². The van der Waals surface area contributed by atoms with Gasteiger partial charge in [-0.25, -0.2) is 4.39 Å². The van der Waals surface area contributed by atoms with Gasteiger partial charge in [-0.3, -0.25) is 9.59 Å². The van der Waals surface area contributed by atoms with E-state index in [4.69, 9.17) is 23.2 Å². The summed E-state index contributed by atoms with van der Waals surface area (Å²) in [5.41, 5.74) is -0.142. The molecule has 0 aliphatic carbocycles. The summed E-state index contributed by atoms with van der Waals surface area (Å²) in [4.78, 5) is 25.6. The largest absolute Gasteiger partial charge is 0.349 e. The molecule has 1 aliphatic heterocycles. The van der Waals surface area contributed by atoms with Crippen LogP contribution in [0.2, 0.25) is 5.02 Å². The summed E-state index contributed by atoms with van der Waals surface area (Å²) in [5.74, 6) is -1.28. The molecule has 0 aromatic heterocycles. The predicted molar refractivity (Wildman–Crippen MR) is 83.8 cm³/mol. The topological polar surface area (TPSA) is 49.4 Å². The molecule has 0 radical (unpaired) electrons. The van der Waals surface area contributed by atoms with Crippen molar-refractivity contribution in [3.05, 3.63) is 34.6 Å². The molecule has 0 bridgehead atoms. The third-order valence-corrected chi connectivity index (χ3v) is 4.17. The van der Waals surface area contributed by atoms with Crippen LogP contribution >= 0.6 is 23.2 Å². The number of nitrogens with one attached hydrogen (secondary N) is 1. The Balaban J connectivity index is 1.94. The molecule has 0 saturated carbocycles. The van der Waals surface area contributed by atoms with E-state index in [-0.39, 0.29) is 22.5 Å². The van der Waals surface area contributed by atoms with Crippen LogP contribution in [0.4, 0.5) is 4.39 Å². The molecule has 22 heavy (non-hydrogen) atoms. The average molecular weight is 347 g/mol. The number of halogens is 3. The van der Waals surface area contributed by atoms with E-state index in [0.717, 1.165) is 0 Å². The van der Waals surface area contributed by atoms with Crippen LogP contribution in [0.5, 0.6) is 0 Å². The van der Waals surface area contributed by atoms with E-state index < -0.39 is 17.1 Å². The van der Waals surface area contributed by atoms with Gasteiger partial charge in [-0.1, -0.05) is 17.7 Å². The third-order valence-electron chi connectivity index (χ3n) is 3.67. The minimum Gasteiger partial charge on any atom is -0.349 e. The van der Waals surface area contributed by atoms with Crippen molar-refractivity contribution in [3.63, 3.8) is 0 Å². The lowest BCUT2D eigenvalue weighted by Crippen LogP contribution is -2.48. The molecule has 1 saturated heterocycles. The maximum absolute atomic E-state index is 13.7. The first-order valence-electron chi connectivity index (χ1n) is 7.08. The Bertz CT molecular complexity index is 552. The molecule has 1 aliphatic rings. The molecule has 7 heteroatoms. The van der Waals surface area contributed by atoms with E-state index in [2.05, 4.69) is 5.32 Å². The van der Waals surface area contributed by atoms with Crippen LogP contribution in [0, 0.1) is 5.82 Å². The standard InChI is InChI=1S/C15H17Cl2FN2O2/c1-9(16)15(22)20-7-5-10(6-8-20)19-14(21)13-11(17)3-2-4-12(13)18/h2-4,9-10H,5-8H2,1H3,(H,19,21). The number of piperidine rings is 1. The number of hydrogen-bond acceptors (Lipinski definition) is 2. The van der Waals surface area contributed by atoms with Crippen molar-refractivity contribution in [3.8, 4) is 0 Å². The molecule has 1 heterocycles. The number of carbonyl (C=O) groups is 2. The van der Waals surface area contributed by atoms with Crippen LogP contribution in [0.1, 0.15) is 30.1 Å². The van der Waals surface area contributed by atoms with Crippen molar-refractivity contribution in [1.82, 2.24) is 10.2 Å². The summed E-state index contributed by atoms with van der Waals surface area (Å²) in [7, 11) is 0. The fourth-order valence-corrected chi connectivity index (χ4v) is 2.85. The van der Waals surface area contributed by atoms with Crippen molar-refractivity contribution in [1.29, 1.82) is 0 Å². The summed E-state index contributed by atoms with van der Waals surface area (Å²) in [6.45, 7) is 2.68. The molecular weight excluding hydrogens is 330 g/mol. The Morgan fingerprint density at radius 3 is 2.55 bits per heavy atom. The van der Waals surface area contributed by atoms with E-state index in [1.807, 2.05) is 0 Å². The van der Waals surface area contributed by atoms with E-state index in [0.29, 0.717) is 25.9 Å². The lowest BCUT2D eigenvalue weighted by Gasteiger charge is -2.33. The maximum atomic E-state index is 13.7. The number of likely N-dealkylation sites (tertiary alicyclic amines) is 1. The fraction of sp³-hybridized carbons (Fsp3) is 0.467. The lowest BCUT2D eigenvalue weighted by molar-refractivity contribution is -0.131. The predicted octanol–water partition coefficient (Wildman–Crippen LogP) is 2.83. The van der Waals surface area contributed by atoms with Crippen LogP contribution in [-0.2, 0) is 4.79 Å². The van der Waals surface area contributed by atoms with Crippen LogP contribution in [0.15, 0.2) is 18.2 Å². The molecular formula is C15H17Cl2FN2O2. The molecule has 2 rings (SSSR count). The second kappa shape index (κ2) is 7.29. The molecule has 1 aromatic carbocycles. The van der Waals surface area contributed by atoms with Gasteiger partial charge in [-0.05, 0) is 31.9 Å². The summed E-state index contributed by atoms with van der Waals surface area (Å²) >= 11 is 11.7. The highest BCUT2D eigenvalue weighted by Crippen LogP contribution is 2.20. The Morgan fingerprint density at radius 1 is 1.36 bits per heavy atom. The number of alkyl halides is 1. The van der Waals surface area contributed by atoms with E-state index in [1.54, 1.807) is 11.8 Å². The quantitative estimate of drug-likeness (QED) is 0.855. The number of rotatable bonds is 3. The number of amides is 2. The Hall–Kier alpha value is -1.33. The molecule has 1 fully saturated rings. The molecule has 120 valence electrons. The van der Waals surface area contributed by atoms with Crippen LogP contribution in [0.25, 0.3) is 0 Å². The van der Waals surface area contributed by atoms with Gasteiger partial charge >= 0.3 is 0 Å². The molecule has 2 amide bonds. The number of hydrogen-bond donors (Lipinski definition) is 1. The molecule has 4 nitrogen and oxygen atoms in total.